The summed E-state index contributed by atoms with van der Waals surface area (Å²) in [5.41, 5.74) is 13.2. The summed E-state index contributed by atoms with van der Waals surface area (Å²) in [5, 5.41) is 3.03. The lowest BCUT2D eigenvalue weighted by atomic mass is 10.2. The van der Waals surface area contributed by atoms with Crippen LogP contribution < -0.4 is 16.8 Å². The van der Waals surface area contributed by atoms with Crippen molar-refractivity contribution in [3.8, 4) is 0 Å². The molecular formula is C9H13N7. The molecule has 0 aliphatic rings. The summed E-state index contributed by atoms with van der Waals surface area (Å²) in [7, 11) is 0. The molecule has 2 heterocycles. The minimum Gasteiger partial charge on any atom is -0.368 e. The summed E-state index contributed by atoms with van der Waals surface area (Å²) in [6.45, 7) is 2.63. The van der Waals surface area contributed by atoms with E-state index in [4.69, 9.17) is 11.5 Å². The fourth-order valence-electron chi connectivity index (χ4n) is 1.33. The molecule has 0 saturated heterocycles. The summed E-state index contributed by atoms with van der Waals surface area (Å²) >= 11 is 0. The molecule has 2 rings (SSSR count). The Morgan fingerprint density at radius 3 is 2.44 bits per heavy atom. The maximum absolute atomic E-state index is 5.45. The quantitative estimate of drug-likeness (QED) is 0.589. The van der Waals surface area contributed by atoms with Gasteiger partial charge in [0.1, 0.15) is 0 Å². The Hall–Kier alpha value is -2.31. The van der Waals surface area contributed by atoms with Gasteiger partial charge in [0, 0.05) is 18.9 Å². The average Bonchev–Trinajstić information content (AvgIpc) is 2.59. The summed E-state index contributed by atoms with van der Waals surface area (Å²) in [6, 6.07) is 0. The molecule has 0 radical (unpaired) electrons. The van der Waals surface area contributed by atoms with Crippen molar-refractivity contribution in [3.05, 3.63) is 23.5 Å². The Labute approximate surface area is 92.3 Å². The van der Waals surface area contributed by atoms with Crippen LogP contribution in [0.1, 0.15) is 11.1 Å². The summed E-state index contributed by atoms with van der Waals surface area (Å²) in [6.07, 6.45) is 3.84. The Balaban J connectivity index is 2.07. The molecule has 0 bridgehead atoms. The predicted molar refractivity (Wildman–Crippen MR) is 61.5 cm³/mol. The van der Waals surface area contributed by atoms with Crippen LogP contribution in [0.25, 0.3) is 0 Å². The minimum absolute atomic E-state index is 0.112. The van der Waals surface area contributed by atoms with Crippen molar-refractivity contribution in [2.24, 2.45) is 0 Å². The molecule has 0 fully saturated rings. The van der Waals surface area contributed by atoms with E-state index in [9.17, 15) is 0 Å². The molecule has 0 atom stereocenters. The first kappa shape index (κ1) is 10.2. The first-order chi connectivity index (χ1) is 7.65. The van der Waals surface area contributed by atoms with Crippen LogP contribution in [0.5, 0.6) is 0 Å². The monoisotopic (exact) mass is 219 g/mol. The number of aryl methyl sites for hydroxylation is 1. The van der Waals surface area contributed by atoms with Gasteiger partial charge in [-0.1, -0.05) is 0 Å². The highest BCUT2D eigenvalue weighted by atomic mass is 15.2. The maximum Gasteiger partial charge on any atom is 0.229 e. The molecule has 0 aliphatic carbocycles. The van der Waals surface area contributed by atoms with Gasteiger partial charge >= 0.3 is 0 Å². The molecule has 7 heteroatoms. The van der Waals surface area contributed by atoms with E-state index in [1.54, 1.807) is 0 Å². The van der Waals surface area contributed by atoms with Crippen molar-refractivity contribution in [1.29, 1.82) is 0 Å². The zero-order chi connectivity index (χ0) is 11.5. The largest absolute Gasteiger partial charge is 0.368 e. The van der Waals surface area contributed by atoms with Gasteiger partial charge in [0.25, 0.3) is 0 Å². The van der Waals surface area contributed by atoms with Crippen molar-refractivity contribution in [3.63, 3.8) is 0 Å². The zero-order valence-corrected chi connectivity index (χ0v) is 8.86. The molecule has 0 aliphatic heterocycles. The molecule has 0 unspecified atom stereocenters. The maximum atomic E-state index is 5.45. The number of hydrogen-bond acceptors (Lipinski definition) is 6. The van der Waals surface area contributed by atoms with Crippen LogP contribution in [0.2, 0.25) is 0 Å². The lowest BCUT2D eigenvalue weighted by Crippen LogP contribution is -2.09. The molecule has 0 spiro atoms. The number of H-pyrrole nitrogens is 1. The number of anilines is 3. The molecule has 0 saturated carbocycles. The van der Waals surface area contributed by atoms with Crippen LogP contribution in [0.15, 0.2) is 12.4 Å². The number of rotatable bonds is 3. The summed E-state index contributed by atoms with van der Waals surface area (Å²) in [4.78, 5) is 14.5. The normalized spacial score (nSPS) is 10.3. The SMILES string of the molecule is Cc1c[nH]cc1CNc1nc(N)nc(N)n1. The van der Waals surface area contributed by atoms with Crippen molar-refractivity contribution >= 4 is 17.8 Å². The van der Waals surface area contributed by atoms with Crippen LogP contribution in [-0.4, -0.2) is 19.9 Å². The number of aromatic nitrogens is 4. The molecule has 6 N–H and O–H groups in total. The number of nitrogen functional groups attached to an aromatic ring is 2. The van der Waals surface area contributed by atoms with Gasteiger partial charge in [-0.05, 0) is 18.1 Å². The minimum atomic E-state index is 0.112. The van der Waals surface area contributed by atoms with E-state index in [1.807, 2.05) is 19.3 Å². The molecule has 84 valence electrons. The third-order valence-corrected chi connectivity index (χ3v) is 2.17. The first-order valence-electron chi connectivity index (χ1n) is 4.78. The second-order valence-electron chi connectivity index (χ2n) is 3.39. The fourth-order valence-corrected chi connectivity index (χ4v) is 1.33. The van der Waals surface area contributed by atoms with Gasteiger partial charge in [0.15, 0.2) is 0 Å². The van der Waals surface area contributed by atoms with Gasteiger partial charge in [0.2, 0.25) is 17.8 Å². The molecule has 7 nitrogen and oxygen atoms in total. The molecular weight excluding hydrogens is 206 g/mol. The summed E-state index contributed by atoms with van der Waals surface area (Å²) in [5.74, 6) is 0.604. The van der Waals surface area contributed by atoms with E-state index in [1.165, 1.54) is 5.56 Å². The van der Waals surface area contributed by atoms with Gasteiger partial charge in [-0.3, -0.25) is 0 Å². The Morgan fingerprint density at radius 2 is 1.88 bits per heavy atom. The third-order valence-electron chi connectivity index (χ3n) is 2.17. The lowest BCUT2D eigenvalue weighted by molar-refractivity contribution is 1.02. The third kappa shape index (κ3) is 2.19. The average molecular weight is 219 g/mol. The summed E-state index contributed by atoms with van der Waals surface area (Å²) < 4.78 is 0. The van der Waals surface area contributed by atoms with Crippen LogP contribution in [0.3, 0.4) is 0 Å². The smallest absolute Gasteiger partial charge is 0.229 e. The van der Waals surface area contributed by atoms with E-state index >= 15 is 0 Å². The Bertz CT molecular complexity index is 470. The van der Waals surface area contributed by atoms with E-state index < -0.39 is 0 Å². The number of aromatic amines is 1. The molecule has 0 aromatic carbocycles. The standard InChI is InChI=1S/C9H13N7/c1-5-2-12-3-6(5)4-13-9-15-7(10)14-8(11)16-9/h2-3,12H,4H2,1H3,(H5,10,11,13,14,15,16). The topological polar surface area (TPSA) is 119 Å². The van der Waals surface area contributed by atoms with E-state index in [0.717, 1.165) is 5.56 Å². The van der Waals surface area contributed by atoms with Crippen molar-refractivity contribution in [1.82, 2.24) is 19.9 Å². The number of hydrogen-bond donors (Lipinski definition) is 4. The van der Waals surface area contributed by atoms with E-state index in [0.29, 0.717) is 12.5 Å². The number of nitrogens with zero attached hydrogens (tertiary/aromatic N) is 3. The van der Waals surface area contributed by atoms with E-state index in [-0.39, 0.29) is 11.9 Å². The zero-order valence-electron chi connectivity index (χ0n) is 8.86. The molecule has 0 amide bonds. The Morgan fingerprint density at radius 1 is 1.19 bits per heavy atom. The van der Waals surface area contributed by atoms with Gasteiger partial charge in [-0.25, -0.2) is 0 Å². The van der Waals surface area contributed by atoms with Crippen molar-refractivity contribution in [2.45, 2.75) is 13.5 Å². The van der Waals surface area contributed by atoms with Crippen LogP contribution in [0.4, 0.5) is 17.8 Å². The van der Waals surface area contributed by atoms with Gasteiger partial charge in [-0.2, -0.15) is 15.0 Å². The van der Waals surface area contributed by atoms with Gasteiger partial charge in [0.05, 0.1) is 0 Å². The second kappa shape index (κ2) is 4.05. The molecule has 2 aromatic heterocycles. The van der Waals surface area contributed by atoms with Gasteiger partial charge in [-0.15, -0.1) is 0 Å². The van der Waals surface area contributed by atoms with Crippen LogP contribution in [0, 0.1) is 6.92 Å². The Kier molecular flexibility index (Phi) is 2.59. The number of nitrogens with one attached hydrogen (secondary N) is 2. The lowest BCUT2D eigenvalue weighted by Gasteiger charge is -2.05. The van der Waals surface area contributed by atoms with Crippen LogP contribution in [-0.2, 0) is 6.54 Å². The highest BCUT2D eigenvalue weighted by Gasteiger charge is 2.03. The van der Waals surface area contributed by atoms with Crippen LogP contribution >= 0.6 is 0 Å². The number of nitrogens with two attached hydrogens (primary N) is 2. The first-order valence-corrected chi connectivity index (χ1v) is 4.78. The molecule has 2 aromatic rings. The predicted octanol–water partition coefficient (Wildman–Crippen LogP) is 0.285. The second-order valence-corrected chi connectivity index (χ2v) is 3.39. The highest BCUT2D eigenvalue weighted by Crippen LogP contribution is 2.09. The van der Waals surface area contributed by atoms with E-state index in [2.05, 4.69) is 25.3 Å². The highest BCUT2D eigenvalue weighted by molar-refractivity contribution is 5.38. The van der Waals surface area contributed by atoms with Crippen molar-refractivity contribution in [2.75, 3.05) is 16.8 Å². The van der Waals surface area contributed by atoms with Crippen molar-refractivity contribution < 1.29 is 0 Å². The fraction of sp³-hybridized carbons (Fsp3) is 0.222. The molecule has 16 heavy (non-hydrogen) atoms. The van der Waals surface area contributed by atoms with Gasteiger partial charge < -0.3 is 21.8 Å².